The fourth-order valence-corrected chi connectivity index (χ4v) is 7.06. The van der Waals surface area contributed by atoms with Gasteiger partial charge in [0.05, 0.1) is 17.8 Å². The molecule has 1 fully saturated rings. The van der Waals surface area contributed by atoms with Gasteiger partial charge in [-0.1, -0.05) is 29.3 Å². The first kappa shape index (κ1) is 29.2. The van der Waals surface area contributed by atoms with Gasteiger partial charge in [0.2, 0.25) is 0 Å². The van der Waals surface area contributed by atoms with Crippen molar-refractivity contribution in [2.75, 3.05) is 37.0 Å². The van der Waals surface area contributed by atoms with Crippen LogP contribution in [-0.4, -0.2) is 60.0 Å². The fraction of sp³-hybridized carbons (Fsp3) is 0.387. The largest absolute Gasteiger partial charge is 0.511 e. The van der Waals surface area contributed by atoms with Crippen molar-refractivity contribution in [1.29, 1.82) is 0 Å². The lowest BCUT2D eigenvalue weighted by Crippen LogP contribution is -2.64. The number of hydrogen-bond acceptors (Lipinski definition) is 5. The van der Waals surface area contributed by atoms with Gasteiger partial charge in [-0.2, -0.15) is 0 Å². The Morgan fingerprint density at radius 3 is 2.37 bits per heavy atom. The molecule has 1 saturated heterocycles. The van der Waals surface area contributed by atoms with Crippen LogP contribution in [0.5, 0.6) is 5.75 Å². The third kappa shape index (κ3) is 5.73. The van der Waals surface area contributed by atoms with E-state index >= 15 is 0 Å². The number of rotatable bonds is 5. The Bertz CT molecular complexity index is 1470. The maximum Gasteiger partial charge on any atom is 0.511 e. The van der Waals surface area contributed by atoms with Gasteiger partial charge in [0, 0.05) is 67.1 Å². The molecule has 216 valence electrons. The first-order valence-corrected chi connectivity index (χ1v) is 14.6. The molecule has 1 N–H and O–H groups in total. The number of ether oxygens (including phenoxy) is 1. The fourth-order valence-electron chi connectivity index (χ4n) is 6.65. The highest BCUT2D eigenvalue weighted by Crippen LogP contribution is 2.46. The van der Waals surface area contributed by atoms with Crippen LogP contribution in [0.15, 0.2) is 48.5 Å². The number of halogens is 2. The number of nitrogens with zero attached hydrogens (tertiary/aromatic N) is 4. The van der Waals surface area contributed by atoms with Crippen LogP contribution in [0.2, 0.25) is 10.0 Å². The molecule has 1 aliphatic carbocycles. The summed E-state index contributed by atoms with van der Waals surface area (Å²) in [6.07, 6.45) is 1.80. The maximum atomic E-state index is 14.7. The van der Waals surface area contributed by atoms with E-state index in [4.69, 9.17) is 27.9 Å². The standard InChI is InChI=1S/C31H34Cl2N4O4/c1-19-15-23(16-20(2)34-19)36-13-11-24(12-14-36)37(4,30(38)35(3)28-17-22(32)7-9-27(28)33)29-10-6-21-5-8-25(18-26(21)29)41-31(39)40/h5,7-9,15-18,24,29H,6,10-14H2,1-4H3/p+1. The number of piperidine rings is 1. The van der Waals surface area contributed by atoms with E-state index in [1.807, 2.05) is 27.0 Å². The van der Waals surface area contributed by atoms with Crippen molar-refractivity contribution in [3.8, 4) is 5.75 Å². The Hall–Kier alpha value is -3.33. The summed E-state index contributed by atoms with van der Waals surface area (Å²) in [5.74, 6) is 0.256. The van der Waals surface area contributed by atoms with E-state index in [-0.39, 0.29) is 28.3 Å². The van der Waals surface area contributed by atoms with Crippen molar-refractivity contribution in [2.24, 2.45) is 0 Å². The van der Waals surface area contributed by atoms with Crippen molar-refractivity contribution in [3.63, 3.8) is 0 Å². The molecule has 2 atom stereocenters. The number of carbonyl (C=O) groups excluding carboxylic acids is 1. The molecule has 8 nitrogen and oxygen atoms in total. The molecule has 0 saturated carbocycles. The second kappa shape index (κ2) is 11.5. The van der Waals surface area contributed by atoms with Crippen molar-refractivity contribution in [3.05, 3.63) is 81.1 Å². The van der Waals surface area contributed by atoms with Crippen molar-refractivity contribution < 1.29 is 23.9 Å². The lowest BCUT2D eigenvalue weighted by atomic mass is 9.95. The van der Waals surface area contributed by atoms with Crippen molar-refractivity contribution >= 4 is 46.8 Å². The molecule has 2 aliphatic rings. The van der Waals surface area contributed by atoms with Gasteiger partial charge in [0.15, 0.2) is 0 Å². The first-order chi connectivity index (χ1) is 19.5. The van der Waals surface area contributed by atoms with E-state index < -0.39 is 6.16 Å². The number of carboxylic acid groups (broad SMARTS) is 1. The first-order valence-electron chi connectivity index (χ1n) is 13.8. The lowest BCUT2D eigenvalue weighted by Gasteiger charge is -2.48. The SMILES string of the molecule is Cc1cc(N2CCC([N+](C)(C(=O)N(C)c3cc(Cl)ccc3Cl)C3CCc4ccc(OC(=O)O)cc43)CC2)cc(C)n1. The number of aryl methyl sites for hydroxylation is 3. The Morgan fingerprint density at radius 1 is 1.02 bits per heavy atom. The lowest BCUT2D eigenvalue weighted by molar-refractivity contribution is -0.887. The Balaban J connectivity index is 1.52. The summed E-state index contributed by atoms with van der Waals surface area (Å²) in [5.41, 5.74) is 5.73. The third-order valence-electron chi connectivity index (χ3n) is 8.64. The third-order valence-corrected chi connectivity index (χ3v) is 9.19. The summed E-state index contributed by atoms with van der Waals surface area (Å²) >= 11 is 12.9. The maximum absolute atomic E-state index is 14.7. The van der Waals surface area contributed by atoms with Crippen LogP contribution in [-0.2, 0) is 6.42 Å². The van der Waals surface area contributed by atoms with Crippen LogP contribution in [0.4, 0.5) is 21.0 Å². The zero-order valence-electron chi connectivity index (χ0n) is 23.7. The summed E-state index contributed by atoms with van der Waals surface area (Å²) in [7, 11) is 3.76. The van der Waals surface area contributed by atoms with E-state index in [1.165, 1.54) is 0 Å². The molecule has 0 radical (unpaired) electrons. The monoisotopic (exact) mass is 597 g/mol. The van der Waals surface area contributed by atoms with Gasteiger partial charge in [-0.3, -0.25) is 9.88 Å². The van der Waals surface area contributed by atoms with E-state index in [1.54, 1.807) is 42.3 Å². The molecule has 5 rings (SSSR count). The van der Waals surface area contributed by atoms with Crippen LogP contribution in [0.3, 0.4) is 0 Å². The Labute approximate surface area is 250 Å². The minimum Gasteiger partial charge on any atom is -0.449 e. The number of carbonyl (C=O) groups is 2. The Kier molecular flexibility index (Phi) is 8.19. The van der Waals surface area contributed by atoms with Crippen LogP contribution < -0.4 is 14.5 Å². The minimum absolute atomic E-state index is 0.0168. The number of quaternary nitrogens is 1. The number of hydrogen-bond donors (Lipinski definition) is 1. The molecule has 10 heteroatoms. The molecule has 2 heterocycles. The molecule has 1 aromatic heterocycles. The molecular weight excluding hydrogens is 563 g/mol. The van der Waals surface area contributed by atoms with E-state index in [0.29, 0.717) is 15.7 Å². The van der Waals surface area contributed by atoms with Gasteiger partial charge in [-0.05, 0) is 68.3 Å². The normalized spacial score (nSPS) is 18.5. The predicted octanol–water partition coefficient (Wildman–Crippen LogP) is 7.42. The molecule has 3 aromatic rings. The summed E-state index contributed by atoms with van der Waals surface area (Å²) in [6.45, 7) is 5.62. The van der Waals surface area contributed by atoms with E-state index in [9.17, 15) is 14.7 Å². The second-order valence-corrected chi connectivity index (χ2v) is 12.0. The van der Waals surface area contributed by atoms with Gasteiger partial charge < -0.3 is 14.7 Å². The van der Waals surface area contributed by atoms with Gasteiger partial charge in [-0.25, -0.2) is 14.1 Å². The number of pyridine rings is 1. The Morgan fingerprint density at radius 2 is 1.71 bits per heavy atom. The van der Waals surface area contributed by atoms with Crippen LogP contribution in [0.25, 0.3) is 0 Å². The molecule has 2 aromatic carbocycles. The molecule has 0 spiro atoms. The number of fused-ring (bicyclic) bond motifs is 1. The number of anilines is 2. The molecule has 2 unspecified atom stereocenters. The average Bonchev–Trinajstić information content (AvgIpc) is 3.36. The summed E-state index contributed by atoms with van der Waals surface area (Å²) in [4.78, 5) is 34.5. The highest BCUT2D eigenvalue weighted by molar-refractivity contribution is 6.35. The van der Waals surface area contributed by atoms with Crippen LogP contribution in [0.1, 0.15) is 47.8 Å². The topological polar surface area (TPSA) is 83.0 Å². The quantitative estimate of drug-likeness (QED) is 0.187. The highest BCUT2D eigenvalue weighted by Gasteiger charge is 2.52. The molecule has 1 aliphatic heterocycles. The summed E-state index contributed by atoms with van der Waals surface area (Å²) in [6, 6.07) is 14.5. The zero-order chi connectivity index (χ0) is 29.5. The molecule has 41 heavy (non-hydrogen) atoms. The number of urea groups is 1. The second-order valence-electron chi connectivity index (χ2n) is 11.2. The summed E-state index contributed by atoms with van der Waals surface area (Å²) < 4.78 is 5.13. The van der Waals surface area contributed by atoms with E-state index in [2.05, 4.69) is 22.0 Å². The van der Waals surface area contributed by atoms with Crippen molar-refractivity contribution in [2.45, 2.75) is 51.6 Å². The number of amides is 2. The predicted molar refractivity (Wildman–Crippen MR) is 162 cm³/mol. The van der Waals surface area contributed by atoms with Crippen molar-refractivity contribution in [1.82, 2.24) is 4.98 Å². The summed E-state index contributed by atoms with van der Waals surface area (Å²) in [5, 5.41) is 10.2. The van der Waals surface area contributed by atoms with Gasteiger partial charge in [0.1, 0.15) is 17.8 Å². The molecule has 0 bridgehead atoms. The van der Waals surface area contributed by atoms with E-state index in [0.717, 1.165) is 67.0 Å². The minimum atomic E-state index is -1.36. The smallest absolute Gasteiger partial charge is 0.449 e. The van der Waals surface area contributed by atoms with Crippen LogP contribution in [0, 0.1) is 13.8 Å². The van der Waals surface area contributed by atoms with Gasteiger partial charge in [-0.15, -0.1) is 0 Å². The van der Waals surface area contributed by atoms with Crippen LogP contribution >= 0.6 is 23.2 Å². The zero-order valence-corrected chi connectivity index (χ0v) is 25.2. The van der Waals surface area contributed by atoms with Gasteiger partial charge >= 0.3 is 12.2 Å². The number of aromatic nitrogens is 1. The highest BCUT2D eigenvalue weighted by atomic mass is 35.5. The van der Waals surface area contributed by atoms with Gasteiger partial charge in [0.25, 0.3) is 0 Å². The molecular formula is C31H35Cl2N4O4+. The molecule has 2 amide bonds. The average molecular weight is 599 g/mol. The number of benzene rings is 2.